The molecular weight excluding hydrogens is 160 g/mol. The van der Waals surface area contributed by atoms with E-state index in [0.717, 1.165) is 5.56 Å². The van der Waals surface area contributed by atoms with E-state index in [1.807, 2.05) is 0 Å². The normalized spacial score (nSPS) is 10.0. The second-order valence-electron chi connectivity index (χ2n) is 1.89. The van der Waals surface area contributed by atoms with Crippen molar-refractivity contribution in [1.29, 1.82) is 0 Å². The zero-order valence-corrected chi connectivity index (χ0v) is 6.76. The second kappa shape index (κ2) is 2.56. The molecule has 0 aromatic carbocycles. The lowest BCUT2D eigenvalue weighted by Crippen LogP contribution is -1.61. The predicted octanol–water partition coefficient (Wildman–Crippen LogP) is 3.08. The highest BCUT2D eigenvalue weighted by molar-refractivity contribution is 7.08. The minimum absolute atomic E-state index is 1.16. The van der Waals surface area contributed by atoms with Gasteiger partial charge in [-0.3, -0.25) is 0 Å². The molecule has 48 valence electrons. The monoisotopic (exact) mass is 164 g/mol. The average Bonchev–Trinajstić information content (AvgIpc) is 2.59. The van der Waals surface area contributed by atoms with Gasteiger partial charge in [-0.1, -0.05) is 0 Å². The van der Waals surface area contributed by atoms with Gasteiger partial charge < -0.3 is 0 Å². The minimum atomic E-state index is 1.16. The summed E-state index contributed by atoms with van der Waals surface area (Å²) in [4.78, 5) is 0. The molecule has 0 N–H and O–H groups in total. The highest BCUT2D eigenvalue weighted by atomic mass is 32.1. The van der Waals surface area contributed by atoms with E-state index in [9.17, 15) is 0 Å². The van der Waals surface area contributed by atoms with Crippen LogP contribution in [0.2, 0.25) is 0 Å². The van der Waals surface area contributed by atoms with Crippen LogP contribution in [0.3, 0.4) is 0 Å². The van der Waals surface area contributed by atoms with Crippen molar-refractivity contribution in [3.8, 4) is 11.1 Å². The van der Waals surface area contributed by atoms with Crippen molar-refractivity contribution in [2.24, 2.45) is 0 Å². The third-order valence-corrected chi connectivity index (χ3v) is 2.51. The van der Waals surface area contributed by atoms with Crippen LogP contribution in [0.25, 0.3) is 11.1 Å². The highest BCUT2D eigenvalue weighted by Gasteiger charge is 1.96. The summed E-state index contributed by atoms with van der Waals surface area (Å²) in [7, 11) is 0. The third-order valence-electron chi connectivity index (χ3n) is 1.25. The van der Waals surface area contributed by atoms with Gasteiger partial charge in [0.2, 0.25) is 0 Å². The maximum atomic E-state index is 3.04. The molecule has 2 aromatic rings. The van der Waals surface area contributed by atoms with Crippen molar-refractivity contribution in [3.63, 3.8) is 0 Å². The Bertz CT molecular complexity index is 247. The van der Waals surface area contributed by atoms with Crippen LogP contribution in [-0.4, -0.2) is 0 Å². The maximum absolute atomic E-state index is 3.04. The van der Waals surface area contributed by atoms with Crippen LogP contribution < -0.4 is 0 Å². The first-order chi connectivity index (χ1) is 4.97. The predicted molar refractivity (Wildman–Crippen MR) is 45.3 cm³/mol. The van der Waals surface area contributed by atoms with Gasteiger partial charge in [0.05, 0.1) is 5.38 Å². The van der Waals surface area contributed by atoms with Crippen molar-refractivity contribution in [2.75, 3.05) is 0 Å². The van der Waals surface area contributed by atoms with E-state index in [-0.39, 0.29) is 0 Å². The van der Waals surface area contributed by atoms with Crippen LogP contribution in [0.15, 0.2) is 22.2 Å². The molecule has 0 aliphatic rings. The largest absolute Gasteiger partial charge is 0.152 e. The van der Waals surface area contributed by atoms with Gasteiger partial charge in [0.1, 0.15) is 0 Å². The Morgan fingerprint density at radius 3 is 2.90 bits per heavy atom. The van der Waals surface area contributed by atoms with Crippen LogP contribution in [0.4, 0.5) is 0 Å². The number of hydrogen-bond donors (Lipinski definition) is 0. The van der Waals surface area contributed by atoms with E-state index >= 15 is 0 Å². The summed E-state index contributed by atoms with van der Waals surface area (Å²) in [6, 6.07) is 5.13. The molecule has 2 aromatic heterocycles. The Morgan fingerprint density at radius 2 is 2.30 bits per heavy atom. The summed E-state index contributed by atoms with van der Waals surface area (Å²) in [5.41, 5.74) is 2.41. The van der Waals surface area contributed by atoms with E-state index in [4.69, 9.17) is 0 Å². The van der Waals surface area contributed by atoms with Gasteiger partial charge in [-0.25, -0.2) is 0 Å². The molecule has 0 atom stereocenters. The number of thiophene rings is 2. The molecule has 0 amide bonds. The van der Waals surface area contributed by atoms with Crippen LogP contribution in [0.5, 0.6) is 0 Å². The van der Waals surface area contributed by atoms with Gasteiger partial charge in [-0.2, -0.15) is 11.3 Å². The Hall–Kier alpha value is -0.600. The highest BCUT2D eigenvalue weighted by Crippen LogP contribution is 2.22. The lowest BCUT2D eigenvalue weighted by Gasteiger charge is -1.85. The molecule has 0 unspecified atom stereocenters. The van der Waals surface area contributed by atoms with Gasteiger partial charge >= 0.3 is 0 Å². The van der Waals surface area contributed by atoms with E-state index in [1.54, 1.807) is 22.7 Å². The van der Waals surface area contributed by atoms with Crippen molar-refractivity contribution in [3.05, 3.63) is 33.7 Å². The van der Waals surface area contributed by atoms with E-state index < -0.39 is 0 Å². The standard InChI is InChI=1S/C8H4S2/c1-3-9-5-7(1)8-2-4-10-6-8/h1,3,5-6H. The molecule has 2 radical (unpaired) electrons. The Kier molecular flexibility index (Phi) is 1.57. The van der Waals surface area contributed by atoms with E-state index in [2.05, 4.69) is 33.7 Å². The summed E-state index contributed by atoms with van der Waals surface area (Å²) in [5, 5.41) is 9.18. The average molecular weight is 164 g/mol. The summed E-state index contributed by atoms with van der Waals surface area (Å²) in [5.74, 6) is 0. The molecule has 10 heavy (non-hydrogen) atoms. The zero-order chi connectivity index (χ0) is 6.81. The van der Waals surface area contributed by atoms with Crippen LogP contribution in [0.1, 0.15) is 0 Å². The quantitative estimate of drug-likeness (QED) is 0.607. The second-order valence-corrected chi connectivity index (χ2v) is 3.34. The number of hydrogen-bond acceptors (Lipinski definition) is 2. The molecule has 0 aliphatic heterocycles. The van der Waals surface area contributed by atoms with Gasteiger partial charge in [0.15, 0.2) is 0 Å². The molecule has 0 saturated carbocycles. The molecule has 2 heteroatoms. The number of rotatable bonds is 1. The van der Waals surface area contributed by atoms with E-state index in [1.165, 1.54) is 5.56 Å². The summed E-state index contributed by atoms with van der Waals surface area (Å²) < 4.78 is 0. The van der Waals surface area contributed by atoms with Gasteiger partial charge in [-0.15, -0.1) is 11.3 Å². The molecule has 0 bridgehead atoms. The molecular formula is C8H4S2. The Labute approximate surface area is 67.8 Å². The fraction of sp³-hybridized carbons (Fsp3) is 0. The molecule has 0 saturated heterocycles. The van der Waals surface area contributed by atoms with Crippen molar-refractivity contribution >= 4 is 22.7 Å². The van der Waals surface area contributed by atoms with Crippen LogP contribution >= 0.6 is 22.7 Å². The molecule has 2 heterocycles. The summed E-state index contributed by atoms with van der Waals surface area (Å²) in [6.45, 7) is 0. The fourth-order valence-electron chi connectivity index (χ4n) is 0.760. The van der Waals surface area contributed by atoms with Crippen molar-refractivity contribution < 1.29 is 0 Å². The first kappa shape index (κ1) is 6.13. The summed E-state index contributed by atoms with van der Waals surface area (Å²) in [6.07, 6.45) is 0. The molecule has 2 rings (SSSR count). The lowest BCUT2D eigenvalue weighted by atomic mass is 10.2. The molecule has 0 aliphatic carbocycles. The van der Waals surface area contributed by atoms with Crippen molar-refractivity contribution in [1.82, 2.24) is 0 Å². The topological polar surface area (TPSA) is 0 Å². The summed E-state index contributed by atoms with van der Waals surface area (Å²) >= 11 is 3.27. The van der Waals surface area contributed by atoms with Gasteiger partial charge in [-0.05, 0) is 27.8 Å². The SMILES string of the molecule is [c]1[c]c(-c2ccsc2)cs1. The molecule has 0 fully saturated rings. The fourth-order valence-corrected chi connectivity index (χ4v) is 1.96. The zero-order valence-electron chi connectivity index (χ0n) is 5.13. The van der Waals surface area contributed by atoms with Crippen molar-refractivity contribution in [2.45, 2.75) is 0 Å². The Balaban J connectivity index is 2.48. The Morgan fingerprint density at radius 1 is 1.30 bits per heavy atom. The third kappa shape index (κ3) is 1.00. The first-order valence-corrected chi connectivity index (χ1v) is 4.68. The van der Waals surface area contributed by atoms with Gasteiger partial charge in [0, 0.05) is 11.6 Å². The smallest absolute Gasteiger partial charge is 0.0534 e. The lowest BCUT2D eigenvalue weighted by molar-refractivity contribution is 1.82. The van der Waals surface area contributed by atoms with Crippen LogP contribution in [0, 0.1) is 11.4 Å². The maximum Gasteiger partial charge on any atom is 0.0534 e. The first-order valence-electron chi connectivity index (χ1n) is 2.86. The van der Waals surface area contributed by atoms with Gasteiger partial charge in [0.25, 0.3) is 0 Å². The molecule has 0 nitrogen and oxygen atoms in total. The van der Waals surface area contributed by atoms with E-state index in [0.29, 0.717) is 0 Å². The van der Waals surface area contributed by atoms with Crippen LogP contribution in [-0.2, 0) is 0 Å². The minimum Gasteiger partial charge on any atom is -0.152 e. The molecule has 0 spiro atoms.